The van der Waals surface area contributed by atoms with Crippen LogP contribution in [-0.2, 0) is 16.1 Å². The van der Waals surface area contributed by atoms with Gasteiger partial charge in [0.25, 0.3) is 5.56 Å². The van der Waals surface area contributed by atoms with Gasteiger partial charge < -0.3 is 14.8 Å². The second kappa shape index (κ2) is 6.35. The van der Waals surface area contributed by atoms with E-state index >= 15 is 0 Å². The molecule has 2 aromatic heterocycles. The van der Waals surface area contributed by atoms with Crippen molar-refractivity contribution in [3.8, 4) is 0 Å². The Morgan fingerprint density at radius 2 is 2.25 bits per heavy atom. The Morgan fingerprint density at radius 1 is 1.50 bits per heavy atom. The zero-order valence-corrected chi connectivity index (χ0v) is 14.7. The highest BCUT2D eigenvalue weighted by atomic mass is 32.1. The Labute approximate surface area is 143 Å². The van der Waals surface area contributed by atoms with Crippen molar-refractivity contribution in [3.63, 3.8) is 0 Å². The number of hydrogen-bond donors (Lipinski definition) is 1. The van der Waals surface area contributed by atoms with E-state index in [1.807, 2.05) is 19.2 Å². The SMILES string of the molecule is CC(C)N1C[C@H](C(=O)N(C)Cc2nc3ccsc3c(=O)[nH]2)CC1=O. The summed E-state index contributed by atoms with van der Waals surface area (Å²) < 4.78 is 0.585. The molecular formula is C16H20N4O3S. The third kappa shape index (κ3) is 3.06. The Hall–Kier alpha value is -2.22. The van der Waals surface area contributed by atoms with Crippen molar-refractivity contribution >= 4 is 33.4 Å². The number of hydrogen-bond acceptors (Lipinski definition) is 5. The number of likely N-dealkylation sites (tertiary alicyclic amines) is 1. The van der Waals surface area contributed by atoms with E-state index in [1.165, 1.54) is 16.2 Å². The minimum absolute atomic E-state index is 0.0166. The highest BCUT2D eigenvalue weighted by Gasteiger charge is 2.36. The first-order chi connectivity index (χ1) is 11.4. The number of thiophene rings is 1. The topological polar surface area (TPSA) is 86.4 Å². The highest BCUT2D eigenvalue weighted by molar-refractivity contribution is 7.17. The van der Waals surface area contributed by atoms with Gasteiger partial charge in [-0.05, 0) is 25.3 Å². The Kier molecular flexibility index (Phi) is 4.40. The quantitative estimate of drug-likeness (QED) is 0.899. The first-order valence-corrected chi connectivity index (χ1v) is 8.75. The van der Waals surface area contributed by atoms with Crippen LogP contribution >= 0.6 is 11.3 Å². The molecule has 0 aromatic carbocycles. The number of fused-ring (bicyclic) bond motifs is 1. The van der Waals surface area contributed by atoms with E-state index in [9.17, 15) is 14.4 Å². The van der Waals surface area contributed by atoms with Crippen LogP contribution in [0.3, 0.4) is 0 Å². The lowest BCUT2D eigenvalue weighted by Gasteiger charge is -2.23. The van der Waals surface area contributed by atoms with E-state index in [0.29, 0.717) is 22.6 Å². The monoisotopic (exact) mass is 348 g/mol. The second-order valence-corrected chi connectivity index (χ2v) is 7.30. The van der Waals surface area contributed by atoms with Gasteiger partial charge in [0, 0.05) is 26.1 Å². The summed E-state index contributed by atoms with van der Waals surface area (Å²) >= 11 is 1.34. The lowest BCUT2D eigenvalue weighted by Crippen LogP contribution is -2.36. The van der Waals surface area contributed by atoms with Crippen molar-refractivity contribution in [3.05, 3.63) is 27.6 Å². The van der Waals surface area contributed by atoms with Gasteiger partial charge in [0.1, 0.15) is 10.5 Å². The molecule has 24 heavy (non-hydrogen) atoms. The summed E-state index contributed by atoms with van der Waals surface area (Å²) in [6.45, 7) is 4.55. The van der Waals surface area contributed by atoms with Gasteiger partial charge in [0.05, 0.1) is 18.0 Å². The fourth-order valence-electron chi connectivity index (χ4n) is 3.01. The lowest BCUT2D eigenvalue weighted by atomic mass is 10.1. The van der Waals surface area contributed by atoms with Crippen molar-refractivity contribution < 1.29 is 9.59 Å². The van der Waals surface area contributed by atoms with Crippen molar-refractivity contribution in [1.82, 2.24) is 19.8 Å². The van der Waals surface area contributed by atoms with Crippen molar-refractivity contribution in [2.24, 2.45) is 5.92 Å². The summed E-state index contributed by atoms with van der Waals surface area (Å²) in [5, 5.41) is 1.82. The number of H-pyrrole nitrogens is 1. The van der Waals surface area contributed by atoms with Gasteiger partial charge in [-0.15, -0.1) is 11.3 Å². The van der Waals surface area contributed by atoms with Crippen LogP contribution in [0.5, 0.6) is 0 Å². The average Bonchev–Trinajstić information content (AvgIpc) is 3.13. The molecule has 1 aliphatic rings. The molecule has 0 unspecified atom stereocenters. The standard InChI is InChI=1S/C16H20N4O3S/c1-9(2)20-7-10(6-13(20)21)16(23)19(3)8-12-17-11-4-5-24-14(11)15(22)18-12/h4-5,9-10H,6-8H2,1-3H3,(H,17,18,22)/t10-/m1/s1. The number of aromatic nitrogens is 2. The van der Waals surface area contributed by atoms with Gasteiger partial charge in [-0.25, -0.2) is 4.98 Å². The van der Waals surface area contributed by atoms with Gasteiger partial charge in [-0.3, -0.25) is 14.4 Å². The predicted octanol–water partition coefficient (Wildman–Crippen LogP) is 1.20. The maximum absolute atomic E-state index is 12.6. The number of carbonyl (C=O) groups is 2. The molecule has 128 valence electrons. The van der Waals surface area contributed by atoms with Gasteiger partial charge in [-0.2, -0.15) is 0 Å². The number of rotatable bonds is 4. The van der Waals surface area contributed by atoms with E-state index in [1.54, 1.807) is 18.0 Å². The third-order valence-corrected chi connectivity index (χ3v) is 5.16. The molecule has 3 rings (SSSR count). The minimum atomic E-state index is -0.332. The van der Waals surface area contributed by atoms with Crippen molar-refractivity contribution in [2.75, 3.05) is 13.6 Å². The summed E-state index contributed by atoms with van der Waals surface area (Å²) in [5.41, 5.74) is 0.453. The zero-order valence-electron chi connectivity index (χ0n) is 13.9. The molecule has 1 aliphatic heterocycles. The number of nitrogens with zero attached hydrogens (tertiary/aromatic N) is 3. The Morgan fingerprint density at radius 3 is 2.92 bits per heavy atom. The van der Waals surface area contributed by atoms with E-state index in [0.717, 1.165) is 0 Å². The van der Waals surface area contributed by atoms with Crippen LogP contribution in [0.2, 0.25) is 0 Å². The number of nitrogens with one attached hydrogen (secondary N) is 1. The molecule has 3 heterocycles. The number of amides is 2. The van der Waals surface area contributed by atoms with E-state index < -0.39 is 0 Å². The minimum Gasteiger partial charge on any atom is -0.339 e. The van der Waals surface area contributed by atoms with E-state index in [4.69, 9.17) is 0 Å². The number of carbonyl (C=O) groups excluding carboxylic acids is 2. The molecular weight excluding hydrogens is 328 g/mol. The molecule has 0 radical (unpaired) electrons. The van der Waals surface area contributed by atoms with Crippen molar-refractivity contribution in [1.29, 1.82) is 0 Å². The third-order valence-electron chi connectivity index (χ3n) is 4.26. The van der Waals surface area contributed by atoms with Gasteiger partial charge in [0.2, 0.25) is 11.8 Å². The number of aromatic amines is 1. The molecule has 1 fully saturated rings. The smallest absolute Gasteiger partial charge is 0.268 e. The maximum atomic E-state index is 12.6. The van der Waals surface area contributed by atoms with Gasteiger partial charge in [0.15, 0.2) is 0 Å². The summed E-state index contributed by atoms with van der Waals surface area (Å²) in [5.74, 6) is 0.0378. The summed E-state index contributed by atoms with van der Waals surface area (Å²) in [7, 11) is 1.67. The first kappa shape index (κ1) is 16.6. The molecule has 0 spiro atoms. The first-order valence-electron chi connectivity index (χ1n) is 7.87. The van der Waals surface area contributed by atoms with Crippen LogP contribution < -0.4 is 5.56 Å². The van der Waals surface area contributed by atoms with Crippen LogP contribution in [0, 0.1) is 5.92 Å². The Bertz CT molecular complexity index is 841. The summed E-state index contributed by atoms with van der Waals surface area (Å²) in [6.07, 6.45) is 0.245. The predicted molar refractivity (Wildman–Crippen MR) is 91.7 cm³/mol. The Balaban J connectivity index is 1.72. The molecule has 7 nitrogen and oxygen atoms in total. The van der Waals surface area contributed by atoms with Gasteiger partial charge >= 0.3 is 0 Å². The fourth-order valence-corrected chi connectivity index (χ4v) is 3.73. The fraction of sp³-hybridized carbons (Fsp3) is 0.500. The van der Waals surface area contributed by atoms with Gasteiger partial charge in [-0.1, -0.05) is 0 Å². The highest BCUT2D eigenvalue weighted by Crippen LogP contribution is 2.22. The largest absolute Gasteiger partial charge is 0.339 e. The second-order valence-electron chi connectivity index (χ2n) is 6.38. The van der Waals surface area contributed by atoms with Crippen LogP contribution in [-0.4, -0.2) is 51.2 Å². The van der Waals surface area contributed by atoms with Crippen LogP contribution in [0.15, 0.2) is 16.2 Å². The normalized spacial score (nSPS) is 17.9. The molecule has 1 N–H and O–H groups in total. The molecule has 2 amide bonds. The molecule has 8 heteroatoms. The maximum Gasteiger partial charge on any atom is 0.268 e. The molecule has 2 aromatic rings. The summed E-state index contributed by atoms with van der Waals surface area (Å²) in [4.78, 5) is 46.9. The molecule has 0 aliphatic carbocycles. The van der Waals surface area contributed by atoms with Crippen LogP contribution in [0.25, 0.3) is 10.2 Å². The average molecular weight is 348 g/mol. The molecule has 0 saturated carbocycles. The lowest BCUT2D eigenvalue weighted by molar-refractivity contribution is -0.135. The zero-order chi connectivity index (χ0) is 17.4. The van der Waals surface area contributed by atoms with Crippen LogP contribution in [0.4, 0.5) is 0 Å². The molecule has 0 bridgehead atoms. The van der Waals surface area contributed by atoms with E-state index in [-0.39, 0.29) is 42.3 Å². The summed E-state index contributed by atoms with van der Waals surface area (Å²) in [6, 6.07) is 1.89. The van der Waals surface area contributed by atoms with Crippen LogP contribution in [0.1, 0.15) is 26.1 Å². The molecule has 1 atom stereocenters. The van der Waals surface area contributed by atoms with E-state index in [2.05, 4.69) is 9.97 Å². The van der Waals surface area contributed by atoms with Crippen molar-refractivity contribution in [2.45, 2.75) is 32.9 Å². The molecule has 1 saturated heterocycles.